The zero-order valence-corrected chi connectivity index (χ0v) is 10.9. The van der Waals surface area contributed by atoms with Crippen molar-refractivity contribution in [1.29, 1.82) is 0 Å². The van der Waals surface area contributed by atoms with Crippen LogP contribution >= 0.6 is 0 Å². The van der Waals surface area contributed by atoms with Crippen LogP contribution in [0.4, 0.5) is 8.78 Å². The molecule has 0 aliphatic carbocycles. The maximum Gasteiger partial charge on any atom is 0.159 e. The van der Waals surface area contributed by atoms with Gasteiger partial charge in [-0.25, -0.2) is 8.78 Å². The minimum atomic E-state index is -0.807. The molecule has 2 aromatic rings. The minimum Gasteiger partial charge on any atom is -0.306 e. The summed E-state index contributed by atoms with van der Waals surface area (Å²) in [6.45, 7) is 2.61. The zero-order chi connectivity index (χ0) is 13.7. The smallest absolute Gasteiger partial charge is 0.159 e. The van der Waals surface area contributed by atoms with Crippen molar-refractivity contribution in [2.24, 2.45) is 0 Å². The van der Waals surface area contributed by atoms with Crippen LogP contribution in [0.2, 0.25) is 0 Å². The molecule has 0 saturated carbocycles. The van der Waals surface area contributed by atoms with Gasteiger partial charge < -0.3 is 5.32 Å². The van der Waals surface area contributed by atoms with Crippen molar-refractivity contribution < 1.29 is 8.78 Å². The maximum atomic E-state index is 13.1. The molecule has 0 fully saturated rings. The van der Waals surface area contributed by atoms with Crippen molar-refractivity contribution in [3.63, 3.8) is 0 Å². The van der Waals surface area contributed by atoms with Gasteiger partial charge in [0.1, 0.15) is 0 Å². The predicted molar refractivity (Wildman–Crippen MR) is 72.7 cm³/mol. The Morgan fingerprint density at radius 3 is 2.37 bits per heavy atom. The van der Waals surface area contributed by atoms with Crippen molar-refractivity contribution in [2.45, 2.75) is 25.9 Å². The van der Waals surface area contributed by atoms with Gasteiger partial charge in [-0.15, -0.1) is 0 Å². The average molecular weight is 261 g/mol. The van der Waals surface area contributed by atoms with Crippen LogP contribution in [0.1, 0.15) is 30.5 Å². The summed E-state index contributed by atoms with van der Waals surface area (Å²) in [5.74, 6) is -1.61. The van der Waals surface area contributed by atoms with Crippen LogP contribution < -0.4 is 5.32 Å². The highest BCUT2D eigenvalue weighted by molar-refractivity contribution is 5.21. The molecule has 3 heteroatoms. The van der Waals surface area contributed by atoms with Gasteiger partial charge in [-0.2, -0.15) is 0 Å². The number of rotatable bonds is 5. The van der Waals surface area contributed by atoms with E-state index in [0.717, 1.165) is 18.1 Å². The highest BCUT2D eigenvalue weighted by Crippen LogP contribution is 2.17. The Morgan fingerprint density at radius 2 is 1.74 bits per heavy atom. The normalized spacial score (nSPS) is 12.4. The number of benzene rings is 2. The molecule has 1 unspecified atom stereocenters. The first-order valence-electron chi connectivity index (χ1n) is 6.43. The molecule has 0 saturated heterocycles. The standard InChI is InChI=1S/C16H17F2N/c1-2-16(13-6-4-3-5-7-13)19-11-12-8-9-14(17)15(18)10-12/h3-10,16,19H,2,11H2,1H3. The monoisotopic (exact) mass is 261 g/mol. The molecular weight excluding hydrogens is 244 g/mol. The maximum absolute atomic E-state index is 13.1. The van der Waals surface area contributed by atoms with E-state index in [4.69, 9.17) is 0 Å². The molecule has 2 rings (SSSR count). The number of hydrogen-bond acceptors (Lipinski definition) is 1. The van der Waals surface area contributed by atoms with Gasteiger partial charge in [0.15, 0.2) is 11.6 Å². The van der Waals surface area contributed by atoms with Gasteiger partial charge in [0.05, 0.1) is 0 Å². The number of hydrogen-bond donors (Lipinski definition) is 1. The second-order valence-corrected chi connectivity index (χ2v) is 4.50. The first kappa shape index (κ1) is 13.7. The largest absolute Gasteiger partial charge is 0.306 e. The summed E-state index contributed by atoms with van der Waals surface area (Å²) in [4.78, 5) is 0. The summed E-state index contributed by atoms with van der Waals surface area (Å²) in [6, 6.07) is 14.3. The van der Waals surface area contributed by atoms with E-state index in [2.05, 4.69) is 24.4 Å². The molecule has 1 nitrogen and oxygen atoms in total. The lowest BCUT2D eigenvalue weighted by molar-refractivity contribution is 0.497. The van der Waals surface area contributed by atoms with Crippen molar-refractivity contribution >= 4 is 0 Å². The summed E-state index contributed by atoms with van der Waals surface area (Å²) in [7, 11) is 0. The Labute approximate surface area is 112 Å². The van der Waals surface area contributed by atoms with Crippen LogP contribution in [-0.4, -0.2) is 0 Å². The van der Waals surface area contributed by atoms with E-state index < -0.39 is 11.6 Å². The van der Waals surface area contributed by atoms with Crippen LogP contribution in [0, 0.1) is 11.6 Å². The molecule has 19 heavy (non-hydrogen) atoms. The molecule has 0 heterocycles. The summed E-state index contributed by atoms with van der Waals surface area (Å²) in [6.07, 6.45) is 0.938. The second kappa shape index (κ2) is 6.43. The fourth-order valence-electron chi connectivity index (χ4n) is 2.07. The molecule has 0 bridgehead atoms. The van der Waals surface area contributed by atoms with E-state index in [1.165, 1.54) is 11.6 Å². The summed E-state index contributed by atoms with van der Waals surface area (Å²) >= 11 is 0. The molecule has 0 aromatic heterocycles. The third-order valence-corrected chi connectivity index (χ3v) is 3.15. The fraction of sp³-hybridized carbons (Fsp3) is 0.250. The average Bonchev–Trinajstić information content (AvgIpc) is 2.44. The molecule has 0 aliphatic rings. The van der Waals surface area contributed by atoms with E-state index in [-0.39, 0.29) is 6.04 Å². The lowest BCUT2D eigenvalue weighted by atomic mass is 10.0. The third-order valence-electron chi connectivity index (χ3n) is 3.15. The van der Waals surface area contributed by atoms with Gasteiger partial charge in [-0.05, 0) is 29.7 Å². The molecule has 0 radical (unpaired) electrons. The van der Waals surface area contributed by atoms with Crippen molar-refractivity contribution in [1.82, 2.24) is 5.32 Å². The van der Waals surface area contributed by atoms with Crippen molar-refractivity contribution in [3.8, 4) is 0 Å². The zero-order valence-electron chi connectivity index (χ0n) is 10.9. The molecule has 0 aliphatic heterocycles. The highest BCUT2D eigenvalue weighted by atomic mass is 19.2. The molecule has 2 aromatic carbocycles. The molecule has 0 amide bonds. The van der Waals surface area contributed by atoms with Gasteiger partial charge >= 0.3 is 0 Å². The van der Waals surface area contributed by atoms with Crippen molar-refractivity contribution in [3.05, 3.63) is 71.3 Å². The van der Waals surface area contributed by atoms with E-state index in [1.54, 1.807) is 6.07 Å². The van der Waals surface area contributed by atoms with Gasteiger partial charge in [0, 0.05) is 12.6 Å². The Kier molecular flexibility index (Phi) is 4.63. The van der Waals surface area contributed by atoms with E-state index in [9.17, 15) is 8.78 Å². The summed E-state index contributed by atoms with van der Waals surface area (Å²) < 4.78 is 25.9. The lowest BCUT2D eigenvalue weighted by Crippen LogP contribution is -2.20. The predicted octanol–water partition coefficient (Wildman–Crippen LogP) is 4.21. The highest BCUT2D eigenvalue weighted by Gasteiger charge is 2.09. The van der Waals surface area contributed by atoms with Crippen LogP contribution in [0.15, 0.2) is 48.5 Å². The third kappa shape index (κ3) is 3.61. The number of halogens is 2. The van der Waals surface area contributed by atoms with Gasteiger partial charge in [-0.1, -0.05) is 43.3 Å². The first-order chi connectivity index (χ1) is 9.20. The topological polar surface area (TPSA) is 12.0 Å². The molecule has 100 valence electrons. The van der Waals surface area contributed by atoms with E-state index in [1.807, 2.05) is 18.2 Å². The second-order valence-electron chi connectivity index (χ2n) is 4.50. The van der Waals surface area contributed by atoms with E-state index >= 15 is 0 Å². The Hall–Kier alpha value is -1.74. The summed E-state index contributed by atoms with van der Waals surface area (Å²) in [5, 5.41) is 3.36. The molecule has 1 N–H and O–H groups in total. The Balaban J connectivity index is 2.02. The quantitative estimate of drug-likeness (QED) is 0.850. The minimum absolute atomic E-state index is 0.217. The Bertz CT molecular complexity index is 526. The molecular formula is C16H17F2N. The van der Waals surface area contributed by atoms with Crippen molar-refractivity contribution in [2.75, 3.05) is 0 Å². The van der Waals surface area contributed by atoms with Crippen LogP contribution in [0.25, 0.3) is 0 Å². The Morgan fingerprint density at radius 1 is 1.00 bits per heavy atom. The fourth-order valence-corrected chi connectivity index (χ4v) is 2.07. The first-order valence-corrected chi connectivity index (χ1v) is 6.43. The number of nitrogens with one attached hydrogen (secondary N) is 1. The van der Waals surface area contributed by atoms with Crippen LogP contribution in [0.5, 0.6) is 0 Å². The van der Waals surface area contributed by atoms with Crippen LogP contribution in [0.3, 0.4) is 0 Å². The molecule has 1 atom stereocenters. The van der Waals surface area contributed by atoms with Gasteiger partial charge in [-0.3, -0.25) is 0 Å². The molecule has 0 spiro atoms. The SMILES string of the molecule is CCC(NCc1ccc(F)c(F)c1)c1ccccc1. The van der Waals surface area contributed by atoms with Gasteiger partial charge in [0.25, 0.3) is 0 Å². The van der Waals surface area contributed by atoms with Gasteiger partial charge in [0.2, 0.25) is 0 Å². The summed E-state index contributed by atoms with van der Waals surface area (Å²) in [5.41, 5.74) is 1.95. The van der Waals surface area contributed by atoms with Crippen LogP contribution in [-0.2, 0) is 6.54 Å². The lowest BCUT2D eigenvalue weighted by Gasteiger charge is -2.17. The van der Waals surface area contributed by atoms with E-state index in [0.29, 0.717) is 6.54 Å².